The molecule has 1 fully saturated rings. The second-order valence-electron chi connectivity index (χ2n) is 3.73. The molecule has 0 aromatic carbocycles. The highest BCUT2D eigenvalue weighted by Crippen LogP contribution is 2.08. The quantitative estimate of drug-likeness (QED) is 0.685. The summed E-state index contributed by atoms with van der Waals surface area (Å²) in [5.41, 5.74) is 5.58. The third kappa shape index (κ3) is 3.53. The van der Waals surface area contributed by atoms with E-state index in [1.54, 1.807) is 0 Å². The Balaban J connectivity index is 2.27. The number of morpholine rings is 1. The topological polar surface area (TPSA) is 47.7 Å². The summed E-state index contributed by atoms with van der Waals surface area (Å²) in [7, 11) is 0. The van der Waals surface area contributed by atoms with Gasteiger partial charge in [-0.1, -0.05) is 0 Å². The standard InChI is InChI=1S/C10H22N2O2/c1-3-13-8-9(2)12-4-5-14-10(6-11)7-12/h9-10H,3-8,11H2,1-2H3. The highest BCUT2D eigenvalue weighted by atomic mass is 16.5. The van der Waals surface area contributed by atoms with Gasteiger partial charge in [-0.25, -0.2) is 0 Å². The van der Waals surface area contributed by atoms with Crippen molar-refractivity contribution < 1.29 is 9.47 Å². The zero-order chi connectivity index (χ0) is 10.4. The Morgan fingerprint density at radius 3 is 3.07 bits per heavy atom. The Kier molecular flexibility index (Phi) is 5.40. The van der Waals surface area contributed by atoms with Crippen molar-refractivity contribution in [2.45, 2.75) is 26.0 Å². The molecule has 0 aromatic rings. The monoisotopic (exact) mass is 202 g/mol. The normalized spacial score (nSPS) is 26.4. The van der Waals surface area contributed by atoms with E-state index in [2.05, 4.69) is 11.8 Å². The molecule has 0 saturated carbocycles. The first-order valence-electron chi connectivity index (χ1n) is 5.41. The lowest BCUT2D eigenvalue weighted by Gasteiger charge is -2.36. The van der Waals surface area contributed by atoms with Crippen LogP contribution in [0.1, 0.15) is 13.8 Å². The van der Waals surface area contributed by atoms with E-state index >= 15 is 0 Å². The Hall–Kier alpha value is -0.160. The van der Waals surface area contributed by atoms with Crippen LogP contribution in [0.5, 0.6) is 0 Å². The molecule has 2 N–H and O–H groups in total. The molecule has 1 saturated heterocycles. The Bertz CT molecular complexity index is 155. The van der Waals surface area contributed by atoms with Gasteiger partial charge < -0.3 is 15.2 Å². The van der Waals surface area contributed by atoms with E-state index in [1.807, 2.05) is 6.92 Å². The third-order valence-corrected chi connectivity index (χ3v) is 2.62. The summed E-state index contributed by atoms with van der Waals surface area (Å²) in [5, 5.41) is 0. The number of nitrogens with zero attached hydrogens (tertiary/aromatic N) is 1. The van der Waals surface area contributed by atoms with Gasteiger partial charge in [-0.05, 0) is 13.8 Å². The SMILES string of the molecule is CCOCC(C)N1CCOC(CN)C1. The summed E-state index contributed by atoms with van der Waals surface area (Å²) < 4.78 is 10.9. The summed E-state index contributed by atoms with van der Waals surface area (Å²) in [6.45, 7) is 9.12. The Labute approximate surface area is 86.3 Å². The molecule has 0 spiro atoms. The summed E-state index contributed by atoms with van der Waals surface area (Å²) in [4.78, 5) is 2.39. The molecule has 4 heteroatoms. The molecular weight excluding hydrogens is 180 g/mol. The Morgan fingerprint density at radius 1 is 1.64 bits per heavy atom. The fourth-order valence-corrected chi connectivity index (χ4v) is 1.68. The van der Waals surface area contributed by atoms with E-state index in [4.69, 9.17) is 15.2 Å². The zero-order valence-electron chi connectivity index (χ0n) is 9.24. The average Bonchev–Trinajstić information content (AvgIpc) is 2.26. The van der Waals surface area contributed by atoms with E-state index in [1.165, 1.54) is 0 Å². The molecule has 2 atom stereocenters. The van der Waals surface area contributed by atoms with Crippen molar-refractivity contribution in [3.63, 3.8) is 0 Å². The van der Waals surface area contributed by atoms with Gasteiger partial charge in [-0.2, -0.15) is 0 Å². The molecule has 0 bridgehead atoms. The summed E-state index contributed by atoms with van der Waals surface area (Å²) in [5.74, 6) is 0. The molecule has 1 aliphatic rings. The van der Waals surface area contributed by atoms with Gasteiger partial charge in [0.2, 0.25) is 0 Å². The summed E-state index contributed by atoms with van der Waals surface area (Å²) in [6, 6.07) is 0.466. The molecule has 84 valence electrons. The number of nitrogens with two attached hydrogens (primary N) is 1. The van der Waals surface area contributed by atoms with Crippen LogP contribution in [0.4, 0.5) is 0 Å². The molecule has 2 unspecified atom stereocenters. The van der Waals surface area contributed by atoms with E-state index in [-0.39, 0.29) is 6.10 Å². The van der Waals surface area contributed by atoms with Crippen molar-refractivity contribution in [1.29, 1.82) is 0 Å². The predicted molar refractivity (Wildman–Crippen MR) is 56.3 cm³/mol. The van der Waals surface area contributed by atoms with Gasteiger partial charge in [0, 0.05) is 32.3 Å². The van der Waals surface area contributed by atoms with E-state index in [0.29, 0.717) is 12.6 Å². The second kappa shape index (κ2) is 6.35. The van der Waals surface area contributed by atoms with Crippen LogP contribution in [-0.2, 0) is 9.47 Å². The van der Waals surface area contributed by atoms with Crippen molar-refractivity contribution in [3.8, 4) is 0 Å². The summed E-state index contributed by atoms with van der Waals surface area (Å²) in [6.07, 6.45) is 0.202. The molecule has 0 aromatic heterocycles. The number of ether oxygens (including phenoxy) is 2. The summed E-state index contributed by atoms with van der Waals surface area (Å²) >= 11 is 0. The van der Waals surface area contributed by atoms with E-state index in [9.17, 15) is 0 Å². The van der Waals surface area contributed by atoms with Crippen molar-refractivity contribution in [3.05, 3.63) is 0 Å². The first kappa shape index (κ1) is 11.9. The van der Waals surface area contributed by atoms with Crippen LogP contribution in [0.15, 0.2) is 0 Å². The molecule has 0 amide bonds. The van der Waals surface area contributed by atoms with Gasteiger partial charge in [0.1, 0.15) is 0 Å². The average molecular weight is 202 g/mol. The maximum atomic E-state index is 5.58. The van der Waals surface area contributed by atoms with E-state index in [0.717, 1.165) is 32.9 Å². The van der Waals surface area contributed by atoms with Gasteiger partial charge in [-0.15, -0.1) is 0 Å². The number of hydrogen-bond donors (Lipinski definition) is 1. The fourth-order valence-electron chi connectivity index (χ4n) is 1.68. The zero-order valence-corrected chi connectivity index (χ0v) is 9.24. The number of rotatable bonds is 5. The molecule has 4 nitrogen and oxygen atoms in total. The molecule has 1 rings (SSSR count). The lowest BCUT2D eigenvalue weighted by molar-refractivity contribution is -0.0485. The third-order valence-electron chi connectivity index (χ3n) is 2.62. The predicted octanol–water partition coefficient (Wildman–Crippen LogP) is 0.0709. The fraction of sp³-hybridized carbons (Fsp3) is 1.00. The molecule has 1 aliphatic heterocycles. The van der Waals surface area contributed by atoms with Gasteiger partial charge in [0.15, 0.2) is 0 Å². The van der Waals surface area contributed by atoms with Gasteiger partial charge in [0.05, 0.1) is 19.3 Å². The largest absolute Gasteiger partial charge is 0.380 e. The molecule has 14 heavy (non-hydrogen) atoms. The minimum absolute atomic E-state index is 0.202. The second-order valence-corrected chi connectivity index (χ2v) is 3.73. The maximum absolute atomic E-state index is 5.58. The minimum atomic E-state index is 0.202. The van der Waals surface area contributed by atoms with Crippen LogP contribution >= 0.6 is 0 Å². The van der Waals surface area contributed by atoms with Crippen LogP contribution in [0, 0.1) is 0 Å². The van der Waals surface area contributed by atoms with Crippen LogP contribution < -0.4 is 5.73 Å². The minimum Gasteiger partial charge on any atom is -0.380 e. The van der Waals surface area contributed by atoms with Gasteiger partial charge in [-0.3, -0.25) is 4.90 Å². The molecule has 0 radical (unpaired) electrons. The van der Waals surface area contributed by atoms with Crippen molar-refractivity contribution in [1.82, 2.24) is 4.90 Å². The van der Waals surface area contributed by atoms with Crippen LogP contribution in [0.3, 0.4) is 0 Å². The first-order valence-corrected chi connectivity index (χ1v) is 5.41. The van der Waals surface area contributed by atoms with E-state index < -0.39 is 0 Å². The number of hydrogen-bond acceptors (Lipinski definition) is 4. The smallest absolute Gasteiger partial charge is 0.0824 e. The molecule has 1 heterocycles. The van der Waals surface area contributed by atoms with Gasteiger partial charge >= 0.3 is 0 Å². The van der Waals surface area contributed by atoms with Crippen LogP contribution in [-0.4, -0.2) is 56.5 Å². The van der Waals surface area contributed by atoms with Gasteiger partial charge in [0.25, 0.3) is 0 Å². The molecule has 0 aliphatic carbocycles. The first-order chi connectivity index (χ1) is 6.77. The highest BCUT2D eigenvalue weighted by molar-refractivity contribution is 4.76. The van der Waals surface area contributed by atoms with Crippen molar-refractivity contribution >= 4 is 0 Å². The van der Waals surface area contributed by atoms with Crippen LogP contribution in [0.2, 0.25) is 0 Å². The highest BCUT2D eigenvalue weighted by Gasteiger charge is 2.22. The lowest BCUT2D eigenvalue weighted by Crippen LogP contribution is -2.50. The van der Waals surface area contributed by atoms with Crippen molar-refractivity contribution in [2.75, 3.05) is 39.5 Å². The maximum Gasteiger partial charge on any atom is 0.0824 e. The Morgan fingerprint density at radius 2 is 2.43 bits per heavy atom. The van der Waals surface area contributed by atoms with Crippen molar-refractivity contribution in [2.24, 2.45) is 5.73 Å². The van der Waals surface area contributed by atoms with Crippen LogP contribution in [0.25, 0.3) is 0 Å². The lowest BCUT2D eigenvalue weighted by atomic mass is 10.2. The molecular formula is C10H22N2O2.